The van der Waals surface area contributed by atoms with Gasteiger partial charge in [0, 0.05) is 12.2 Å². The van der Waals surface area contributed by atoms with Crippen molar-refractivity contribution in [2.45, 2.75) is 17.7 Å². The minimum atomic E-state index is -3.31. The molecule has 82 valence electrons. The number of nitrogens with one attached hydrogen (secondary N) is 2. The third kappa shape index (κ3) is 1.98. The van der Waals surface area contributed by atoms with Gasteiger partial charge >= 0.3 is 0 Å². The van der Waals surface area contributed by atoms with Gasteiger partial charge in [-0.05, 0) is 43.7 Å². The van der Waals surface area contributed by atoms with Crippen LogP contribution >= 0.6 is 0 Å². The first kappa shape index (κ1) is 10.4. The summed E-state index contributed by atoms with van der Waals surface area (Å²) >= 11 is 0. The van der Waals surface area contributed by atoms with Gasteiger partial charge in [0.1, 0.15) is 0 Å². The summed E-state index contributed by atoms with van der Waals surface area (Å²) < 4.78 is 25.4. The maximum absolute atomic E-state index is 11.6. The standard InChI is InChI=1S/C10H14N2O2S/c1-11-15(13,14)9-4-5-10-8(7-9)3-2-6-12-10/h4-5,7,11-12H,2-3,6H2,1H3. The number of benzene rings is 1. The highest BCUT2D eigenvalue weighted by atomic mass is 32.2. The van der Waals surface area contributed by atoms with E-state index in [0.29, 0.717) is 4.90 Å². The molecule has 2 N–H and O–H groups in total. The van der Waals surface area contributed by atoms with E-state index in [1.807, 2.05) is 6.07 Å². The van der Waals surface area contributed by atoms with E-state index in [4.69, 9.17) is 0 Å². The fourth-order valence-corrected chi connectivity index (χ4v) is 2.52. The second-order valence-electron chi connectivity index (χ2n) is 3.56. The van der Waals surface area contributed by atoms with Crippen LogP contribution in [0.5, 0.6) is 0 Å². The van der Waals surface area contributed by atoms with Gasteiger partial charge in [-0.3, -0.25) is 0 Å². The fraction of sp³-hybridized carbons (Fsp3) is 0.400. The highest BCUT2D eigenvalue weighted by Gasteiger charge is 2.15. The predicted octanol–water partition coefficient (Wildman–Crippen LogP) is 0.953. The van der Waals surface area contributed by atoms with Gasteiger partial charge in [0.15, 0.2) is 0 Å². The van der Waals surface area contributed by atoms with Crippen LogP contribution in [0.15, 0.2) is 23.1 Å². The second-order valence-corrected chi connectivity index (χ2v) is 5.44. The number of aryl methyl sites for hydroxylation is 1. The lowest BCUT2D eigenvalue weighted by molar-refractivity contribution is 0.588. The third-order valence-corrected chi connectivity index (χ3v) is 4.01. The van der Waals surface area contributed by atoms with Crippen LogP contribution in [0.2, 0.25) is 0 Å². The average molecular weight is 226 g/mol. The van der Waals surface area contributed by atoms with Crippen molar-refractivity contribution in [3.05, 3.63) is 23.8 Å². The van der Waals surface area contributed by atoms with Crippen LogP contribution in [0.1, 0.15) is 12.0 Å². The summed E-state index contributed by atoms with van der Waals surface area (Å²) in [6.45, 7) is 0.963. The van der Waals surface area contributed by atoms with Gasteiger partial charge in [0.2, 0.25) is 10.0 Å². The van der Waals surface area contributed by atoms with Gasteiger partial charge in [-0.15, -0.1) is 0 Å². The predicted molar refractivity (Wildman–Crippen MR) is 59.5 cm³/mol. The third-order valence-electron chi connectivity index (χ3n) is 2.59. The normalized spacial score (nSPS) is 15.5. The maximum Gasteiger partial charge on any atom is 0.240 e. The van der Waals surface area contributed by atoms with Gasteiger partial charge in [-0.25, -0.2) is 13.1 Å². The van der Waals surface area contributed by atoms with Crippen LogP contribution in [0.3, 0.4) is 0 Å². The first-order valence-electron chi connectivity index (χ1n) is 4.94. The fourth-order valence-electron chi connectivity index (χ4n) is 1.74. The quantitative estimate of drug-likeness (QED) is 0.789. The van der Waals surface area contributed by atoms with Gasteiger partial charge < -0.3 is 5.32 Å². The molecule has 0 saturated heterocycles. The highest BCUT2D eigenvalue weighted by Crippen LogP contribution is 2.24. The van der Waals surface area contributed by atoms with Gasteiger partial charge in [0.05, 0.1) is 4.90 Å². The summed E-state index contributed by atoms with van der Waals surface area (Å²) in [4.78, 5) is 0.340. The molecule has 5 heteroatoms. The summed E-state index contributed by atoms with van der Waals surface area (Å²) in [6, 6.07) is 5.20. The molecular weight excluding hydrogens is 212 g/mol. The van der Waals surface area contributed by atoms with Crippen molar-refractivity contribution < 1.29 is 8.42 Å². The largest absolute Gasteiger partial charge is 0.385 e. The van der Waals surface area contributed by atoms with E-state index in [-0.39, 0.29) is 0 Å². The van der Waals surface area contributed by atoms with E-state index in [1.54, 1.807) is 12.1 Å². The van der Waals surface area contributed by atoms with Crippen molar-refractivity contribution >= 4 is 15.7 Å². The number of anilines is 1. The monoisotopic (exact) mass is 226 g/mol. The van der Waals surface area contributed by atoms with Crippen molar-refractivity contribution in [3.8, 4) is 0 Å². The molecule has 0 spiro atoms. The zero-order chi connectivity index (χ0) is 10.9. The van der Waals surface area contributed by atoms with Crippen LogP contribution in [0, 0.1) is 0 Å². The lowest BCUT2D eigenvalue weighted by atomic mass is 10.0. The molecule has 15 heavy (non-hydrogen) atoms. The smallest absolute Gasteiger partial charge is 0.240 e. The molecule has 0 amide bonds. The minimum absolute atomic E-state index is 0.340. The van der Waals surface area contributed by atoms with E-state index in [2.05, 4.69) is 10.0 Å². The SMILES string of the molecule is CNS(=O)(=O)c1ccc2c(c1)CCCN2. The molecular formula is C10H14N2O2S. The maximum atomic E-state index is 11.6. The molecule has 0 unspecified atom stereocenters. The Hall–Kier alpha value is -1.07. The molecule has 0 bridgehead atoms. The zero-order valence-corrected chi connectivity index (χ0v) is 9.39. The van der Waals surface area contributed by atoms with Crippen LogP contribution in [-0.2, 0) is 16.4 Å². The summed E-state index contributed by atoms with van der Waals surface area (Å²) in [5.74, 6) is 0. The Morgan fingerprint density at radius 1 is 1.40 bits per heavy atom. The molecule has 1 aliphatic heterocycles. The van der Waals surface area contributed by atoms with Crippen LogP contribution < -0.4 is 10.0 Å². The van der Waals surface area contributed by atoms with Gasteiger partial charge in [-0.2, -0.15) is 0 Å². The average Bonchev–Trinajstić information content (AvgIpc) is 2.28. The number of rotatable bonds is 2. The Labute approximate surface area is 89.7 Å². The van der Waals surface area contributed by atoms with Crippen LogP contribution in [0.25, 0.3) is 0 Å². The molecule has 1 heterocycles. The summed E-state index contributed by atoms with van der Waals surface area (Å²) in [7, 11) is -1.89. The zero-order valence-electron chi connectivity index (χ0n) is 8.58. The van der Waals surface area contributed by atoms with Crippen molar-refractivity contribution in [2.24, 2.45) is 0 Å². The molecule has 0 atom stereocenters. The lowest BCUT2D eigenvalue weighted by Crippen LogP contribution is -2.19. The molecule has 0 radical (unpaired) electrons. The first-order chi connectivity index (χ1) is 7.13. The van der Waals surface area contributed by atoms with Gasteiger partial charge in [0.25, 0.3) is 0 Å². The highest BCUT2D eigenvalue weighted by molar-refractivity contribution is 7.89. The van der Waals surface area contributed by atoms with E-state index < -0.39 is 10.0 Å². The molecule has 2 rings (SSSR count). The number of fused-ring (bicyclic) bond motifs is 1. The summed E-state index contributed by atoms with van der Waals surface area (Å²) in [5, 5.41) is 3.24. The van der Waals surface area contributed by atoms with Crippen molar-refractivity contribution in [1.29, 1.82) is 0 Å². The van der Waals surface area contributed by atoms with Crippen molar-refractivity contribution in [1.82, 2.24) is 4.72 Å². The van der Waals surface area contributed by atoms with E-state index in [1.165, 1.54) is 7.05 Å². The van der Waals surface area contributed by atoms with Gasteiger partial charge in [-0.1, -0.05) is 0 Å². The molecule has 0 aliphatic carbocycles. The summed E-state index contributed by atoms with van der Waals surface area (Å²) in [6.07, 6.45) is 1.99. The Kier molecular flexibility index (Phi) is 2.67. The molecule has 0 saturated carbocycles. The Bertz CT molecular complexity index is 468. The molecule has 1 aromatic carbocycles. The van der Waals surface area contributed by atoms with E-state index in [9.17, 15) is 8.42 Å². The molecule has 0 aromatic heterocycles. The lowest BCUT2D eigenvalue weighted by Gasteiger charge is -2.18. The Balaban J connectivity index is 2.45. The second kappa shape index (κ2) is 3.83. The molecule has 4 nitrogen and oxygen atoms in total. The number of hydrogen-bond donors (Lipinski definition) is 2. The van der Waals surface area contributed by atoms with Crippen LogP contribution in [0.4, 0.5) is 5.69 Å². The Morgan fingerprint density at radius 2 is 2.20 bits per heavy atom. The van der Waals surface area contributed by atoms with E-state index in [0.717, 1.165) is 30.6 Å². The molecule has 0 fully saturated rings. The van der Waals surface area contributed by atoms with Crippen molar-refractivity contribution in [2.75, 3.05) is 18.9 Å². The van der Waals surface area contributed by atoms with Crippen LogP contribution in [-0.4, -0.2) is 22.0 Å². The minimum Gasteiger partial charge on any atom is -0.385 e. The van der Waals surface area contributed by atoms with E-state index >= 15 is 0 Å². The summed E-state index contributed by atoms with van der Waals surface area (Å²) in [5.41, 5.74) is 2.13. The Morgan fingerprint density at radius 3 is 2.93 bits per heavy atom. The molecule has 1 aliphatic rings. The topological polar surface area (TPSA) is 58.2 Å². The number of hydrogen-bond acceptors (Lipinski definition) is 3. The first-order valence-corrected chi connectivity index (χ1v) is 6.42. The molecule has 1 aromatic rings. The number of sulfonamides is 1. The van der Waals surface area contributed by atoms with Crippen molar-refractivity contribution in [3.63, 3.8) is 0 Å².